The number of nitrogens with one attached hydrogen (secondary N) is 3. The van der Waals surface area contributed by atoms with Crippen molar-refractivity contribution in [2.45, 2.75) is 77.2 Å². The SMILES string of the molecule is CCC=CCC=CCC=CCC=CCC=CCCCC(=O)NC1CCN(c2ccc(Nc3ncc(Cl)c(-c4c[nH]c5ccccc45)n3)c(OC)c2)CC1. The molecule has 53 heavy (non-hydrogen) atoms. The number of amides is 1. The first-order chi connectivity index (χ1) is 26.1. The number of carbonyl (C=O) groups excluding carboxylic acids is 1. The van der Waals surface area contributed by atoms with Crippen molar-refractivity contribution < 1.29 is 9.53 Å². The Labute approximate surface area is 319 Å². The van der Waals surface area contributed by atoms with Gasteiger partial charge in [-0.1, -0.05) is 97.5 Å². The van der Waals surface area contributed by atoms with Crippen molar-refractivity contribution in [2.24, 2.45) is 0 Å². The number of hydrogen-bond donors (Lipinski definition) is 3. The van der Waals surface area contributed by atoms with Crippen molar-refractivity contribution in [2.75, 3.05) is 30.4 Å². The second kappa shape index (κ2) is 21.4. The molecule has 1 fully saturated rings. The van der Waals surface area contributed by atoms with Gasteiger partial charge in [0, 0.05) is 60.0 Å². The lowest BCUT2D eigenvalue weighted by Crippen LogP contribution is -2.44. The summed E-state index contributed by atoms with van der Waals surface area (Å²) >= 11 is 6.54. The number of nitrogens with zero attached hydrogens (tertiary/aromatic N) is 3. The maximum absolute atomic E-state index is 12.6. The Morgan fingerprint density at radius 3 is 2.32 bits per heavy atom. The molecule has 1 aliphatic rings. The number of H-pyrrole nitrogens is 1. The lowest BCUT2D eigenvalue weighted by atomic mass is 10.0. The van der Waals surface area contributed by atoms with E-state index < -0.39 is 0 Å². The number of fused-ring (bicyclic) bond motifs is 1. The molecule has 0 saturated carbocycles. The summed E-state index contributed by atoms with van der Waals surface area (Å²) in [6.07, 6.45) is 34.7. The molecule has 0 atom stereocenters. The molecule has 0 radical (unpaired) electrons. The first-order valence-electron chi connectivity index (χ1n) is 18.9. The summed E-state index contributed by atoms with van der Waals surface area (Å²) < 4.78 is 5.77. The zero-order valence-corrected chi connectivity index (χ0v) is 31.8. The quantitative estimate of drug-likeness (QED) is 0.0656. The molecule has 0 spiro atoms. The monoisotopic (exact) mass is 732 g/mol. The summed E-state index contributed by atoms with van der Waals surface area (Å²) in [5, 5.41) is 8.09. The Balaban J connectivity index is 0.995. The average molecular weight is 733 g/mol. The first-order valence-corrected chi connectivity index (χ1v) is 19.3. The van der Waals surface area contributed by atoms with Crippen LogP contribution in [-0.4, -0.2) is 47.1 Å². The smallest absolute Gasteiger partial charge is 0.227 e. The number of benzene rings is 2. The van der Waals surface area contributed by atoms with Crippen LogP contribution in [0.3, 0.4) is 0 Å². The average Bonchev–Trinajstić information content (AvgIpc) is 3.61. The van der Waals surface area contributed by atoms with Crippen LogP contribution in [0.5, 0.6) is 5.75 Å². The Bertz CT molecular complexity index is 1900. The minimum absolute atomic E-state index is 0.144. The zero-order chi connectivity index (χ0) is 37.1. The number of para-hydroxylation sites is 1. The highest BCUT2D eigenvalue weighted by Gasteiger charge is 2.22. The third kappa shape index (κ3) is 12.2. The van der Waals surface area contributed by atoms with E-state index in [2.05, 4.69) is 99.3 Å². The van der Waals surface area contributed by atoms with Crippen LogP contribution in [0, 0.1) is 0 Å². The molecule has 3 N–H and O–H groups in total. The number of allylic oxidation sites excluding steroid dienone is 10. The summed E-state index contributed by atoms with van der Waals surface area (Å²) in [6, 6.07) is 14.3. The van der Waals surface area contributed by atoms with E-state index in [-0.39, 0.29) is 11.9 Å². The molecule has 0 aliphatic carbocycles. The molecule has 278 valence electrons. The van der Waals surface area contributed by atoms with Crippen LogP contribution < -0.4 is 20.3 Å². The van der Waals surface area contributed by atoms with E-state index in [1.807, 2.05) is 42.6 Å². The highest BCUT2D eigenvalue weighted by Crippen LogP contribution is 2.35. The van der Waals surface area contributed by atoms with E-state index in [9.17, 15) is 4.79 Å². The number of piperidine rings is 1. The maximum Gasteiger partial charge on any atom is 0.227 e. The summed E-state index contributed by atoms with van der Waals surface area (Å²) in [4.78, 5) is 27.4. The van der Waals surface area contributed by atoms with Gasteiger partial charge in [-0.2, -0.15) is 0 Å². The molecule has 1 aliphatic heterocycles. The van der Waals surface area contributed by atoms with Crippen LogP contribution in [0.4, 0.5) is 17.3 Å². The Morgan fingerprint density at radius 1 is 0.943 bits per heavy atom. The molecule has 0 bridgehead atoms. The lowest BCUT2D eigenvalue weighted by Gasteiger charge is -2.34. The van der Waals surface area contributed by atoms with E-state index >= 15 is 0 Å². The summed E-state index contributed by atoms with van der Waals surface area (Å²) in [5.74, 6) is 1.26. The highest BCUT2D eigenvalue weighted by atomic mass is 35.5. The summed E-state index contributed by atoms with van der Waals surface area (Å²) in [7, 11) is 1.66. The Hall–Kier alpha value is -5.08. The summed E-state index contributed by atoms with van der Waals surface area (Å²) in [5.41, 5.74) is 4.42. The van der Waals surface area contributed by atoms with Crippen molar-refractivity contribution >= 4 is 45.7 Å². The van der Waals surface area contributed by atoms with Crippen LogP contribution in [0.25, 0.3) is 22.2 Å². The number of aromatic amines is 1. The molecule has 9 heteroatoms. The summed E-state index contributed by atoms with van der Waals surface area (Å²) in [6.45, 7) is 3.87. The highest BCUT2D eigenvalue weighted by molar-refractivity contribution is 6.33. The number of ether oxygens (including phenoxy) is 1. The van der Waals surface area contributed by atoms with E-state index in [0.29, 0.717) is 28.8 Å². The molecule has 2 aromatic carbocycles. The van der Waals surface area contributed by atoms with E-state index in [0.717, 1.165) is 98.7 Å². The van der Waals surface area contributed by atoms with Crippen molar-refractivity contribution in [1.82, 2.24) is 20.3 Å². The Morgan fingerprint density at radius 2 is 1.62 bits per heavy atom. The predicted molar refractivity (Wildman–Crippen MR) is 222 cm³/mol. The van der Waals surface area contributed by atoms with Crippen molar-refractivity contribution in [3.8, 4) is 17.0 Å². The molecule has 1 saturated heterocycles. The van der Waals surface area contributed by atoms with Crippen LogP contribution in [0.1, 0.15) is 71.1 Å². The van der Waals surface area contributed by atoms with Gasteiger partial charge in [-0.25, -0.2) is 9.97 Å². The predicted octanol–water partition coefficient (Wildman–Crippen LogP) is 11.0. The fraction of sp³-hybridized carbons (Fsp3) is 0.341. The maximum atomic E-state index is 12.6. The molecule has 1 amide bonds. The fourth-order valence-corrected chi connectivity index (χ4v) is 6.51. The number of rotatable bonds is 19. The van der Waals surface area contributed by atoms with Crippen LogP contribution in [0.15, 0.2) is 116 Å². The number of anilines is 3. The molecular weight excluding hydrogens is 680 g/mol. The van der Waals surface area contributed by atoms with Gasteiger partial charge >= 0.3 is 0 Å². The van der Waals surface area contributed by atoms with E-state index in [4.69, 9.17) is 21.3 Å². The van der Waals surface area contributed by atoms with Gasteiger partial charge in [0.05, 0.1) is 29.7 Å². The third-order valence-electron chi connectivity index (χ3n) is 9.18. The van der Waals surface area contributed by atoms with Crippen molar-refractivity contribution in [1.29, 1.82) is 0 Å². The van der Waals surface area contributed by atoms with E-state index in [1.54, 1.807) is 13.3 Å². The number of hydrogen-bond acceptors (Lipinski definition) is 6. The van der Waals surface area contributed by atoms with Gasteiger partial charge in [0.2, 0.25) is 11.9 Å². The van der Waals surface area contributed by atoms with Crippen LogP contribution in [-0.2, 0) is 4.79 Å². The fourth-order valence-electron chi connectivity index (χ4n) is 6.31. The zero-order valence-electron chi connectivity index (χ0n) is 31.1. The number of methoxy groups -OCH3 is 1. The molecule has 5 rings (SSSR count). The molecule has 3 heterocycles. The van der Waals surface area contributed by atoms with Gasteiger partial charge in [0.25, 0.3) is 0 Å². The number of unbranched alkanes of at least 4 members (excludes halogenated alkanes) is 1. The number of aromatic nitrogens is 3. The molecular formula is C44H53ClN6O2. The minimum atomic E-state index is 0.144. The molecule has 0 unspecified atom stereocenters. The second-order valence-electron chi connectivity index (χ2n) is 13.1. The van der Waals surface area contributed by atoms with Gasteiger partial charge < -0.3 is 25.3 Å². The second-order valence-corrected chi connectivity index (χ2v) is 13.5. The first kappa shape index (κ1) is 39.1. The van der Waals surface area contributed by atoms with Gasteiger partial charge in [-0.05, 0) is 76.0 Å². The molecule has 8 nitrogen and oxygen atoms in total. The largest absolute Gasteiger partial charge is 0.494 e. The van der Waals surface area contributed by atoms with Gasteiger partial charge in [0.1, 0.15) is 5.75 Å². The third-order valence-corrected chi connectivity index (χ3v) is 9.45. The normalized spacial score (nSPS) is 14.2. The van der Waals surface area contributed by atoms with Crippen LogP contribution in [0.2, 0.25) is 5.02 Å². The lowest BCUT2D eigenvalue weighted by molar-refractivity contribution is -0.122. The van der Waals surface area contributed by atoms with Crippen LogP contribution >= 0.6 is 11.6 Å². The molecule has 2 aromatic heterocycles. The number of halogens is 1. The number of carbonyl (C=O) groups is 1. The topological polar surface area (TPSA) is 95.2 Å². The standard InChI is InChI=1S/C44H53ClN6O2/c1-3-4-5-6-7-8-9-10-11-12-13-14-15-16-17-18-19-24-42(52)48-34-27-29-51(30-28-34)35-25-26-40(41(31-35)53-2)49-44-47-33-38(45)43(50-44)37-32-46-39-23-21-20-22-36(37)39/h4-5,7-8,10-11,13-14,16-17,20-23,25-26,31-34,46H,3,6,9,12,15,18-19,24,27-30H2,1-2H3,(H,48,52)(H,47,49,50). The van der Waals surface area contributed by atoms with Gasteiger partial charge in [-0.3, -0.25) is 4.79 Å². The Kier molecular flexibility index (Phi) is 15.8. The van der Waals surface area contributed by atoms with Gasteiger partial charge in [0.15, 0.2) is 0 Å². The van der Waals surface area contributed by atoms with Gasteiger partial charge in [-0.15, -0.1) is 0 Å². The molecule has 4 aromatic rings. The van der Waals surface area contributed by atoms with Crippen molar-refractivity contribution in [3.63, 3.8) is 0 Å². The van der Waals surface area contributed by atoms with Crippen molar-refractivity contribution in [3.05, 3.63) is 121 Å². The minimum Gasteiger partial charge on any atom is -0.494 e. The van der Waals surface area contributed by atoms with E-state index in [1.165, 1.54) is 0 Å².